The maximum atomic E-state index is 11.1. The van der Waals surface area contributed by atoms with E-state index in [9.17, 15) is 4.21 Å². The van der Waals surface area contributed by atoms with Gasteiger partial charge in [0.15, 0.2) is 11.1 Å². The van der Waals surface area contributed by atoms with Crippen LogP contribution >= 0.6 is 11.6 Å². The van der Waals surface area contributed by atoms with E-state index in [0.29, 0.717) is 0 Å². The van der Waals surface area contributed by atoms with Gasteiger partial charge in [0, 0.05) is 5.69 Å². The molecule has 0 aliphatic heterocycles. The van der Waals surface area contributed by atoms with Crippen LogP contribution in [0.15, 0.2) is 31.4 Å². The molecule has 20 heavy (non-hydrogen) atoms. The third-order valence-electron chi connectivity index (χ3n) is 2.08. The molecule has 0 aliphatic rings. The zero-order valence-corrected chi connectivity index (χ0v) is 12.6. The van der Waals surface area contributed by atoms with Gasteiger partial charge in [-0.1, -0.05) is 25.1 Å². The topological polar surface area (TPSA) is 58.2 Å². The third kappa shape index (κ3) is 10.8. The van der Waals surface area contributed by atoms with Gasteiger partial charge in [0.25, 0.3) is 0 Å². The molecule has 0 aliphatic carbocycles. The van der Waals surface area contributed by atoms with Crippen molar-refractivity contribution in [1.82, 2.24) is 0 Å². The van der Waals surface area contributed by atoms with Crippen LogP contribution in [0.5, 0.6) is 0 Å². The summed E-state index contributed by atoms with van der Waals surface area (Å²) in [4.78, 5) is 0. The molecule has 0 saturated heterocycles. The molecular formula is C14H22ClNO3S. The van der Waals surface area contributed by atoms with E-state index in [4.69, 9.17) is 20.4 Å². The summed E-state index contributed by atoms with van der Waals surface area (Å²) in [6.45, 7) is 14.6. The van der Waals surface area contributed by atoms with Crippen LogP contribution in [0.25, 0.3) is 0 Å². The van der Waals surface area contributed by atoms with Crippen molar-refractivity contribution >= 4 is 28.4 Å². The van der Waals surface area contributed by atoms with E-state index in [0.717, 1.165) is 5.69 Å². The van der Waals surface area contributed by atoms with E-state index in [1.54, 1.807) is 0 Å². The van der Waals surface area contributed by atoms with Gasteiger partial charge in [-0.2, -0.15) is 0 Å². The standard InChI is InChI=1S/C10H14ClNO2S.C2H4.CO.CH4/c1-8-3-4-10(5-9(8)2)12-7-15(13)14-6-11;2*1-2;/h3-5,12H,6-7H2,1-2H3;1-2H2;;1H4. The number of hydrogen-bond acceptors (Lipinski definition) is 3. The average molecular weight is 320 g/mol. The average Bonchev–Trinajstić information content (AvgIpc) is 2.45. The number of benzene rings is 1. The van der Waals surface area contributed by atoms with Gasteiger partial charge < -0.3 is 5.32 Å². The van der Waals surface area contributed by atoms with Crippen LogP contribution in [0.4, 0.5) is 5.69 Å². The van der Waals surface area contributed by atoms with E-state index >= 15 is 0 Å². The summed E-state index contributed by atoms with van der Waals surface area (Å²) >= 11 is 3.91. The first-order valence-electron chi connectivity index (χ1n) is 5.22. The molecule has 0 amide bonds. The predicted octanol–water partition coefficient (Wildman–Crippen LogP) is 3.95. The molecule has 0 saturated carbocycles. The molecule has 0 aromatic heterocycles. The summed E-state index contributed by atoms with van der Waals surface area (Å²) in [6, 6.07) is 5.91. The third-order valence-corrected chi connectivity index (χ3v) is 3.08. The molecule has 4 nitrogen and oxygen atoms in total. The van der Waals surface area contributed by atoms with Crippen LogP contribution in [-0.2, 0) is 19.9 Å². The summed E-state index contributed by atoms with van der Waals surface area (Å²) in [5, 5.41) is 3.01. The van der Waals surface area contributed by atoms with Crippen molar-refractivity contribution in [1.29, 1.82) is 0 Å². The Labute approximate surface area is 129 Å². The zero-order valence-electron chi connectivity index (χ0n) is 11.1. The predicted molar refractivity (Wildman–Crippen MR) is 86.3 cm³/mol. The minimum absolute atomic E-state index is 0. The summed E-state index contributed by atoms with van der Waals surface area (Å²) in [5.41, 5.74) is 3.37. The second-order valence-corrected chi connectivity index (χ2v) is 4.50. The molecule has 1 atom stereocenters. The summed E-state index contributed by atoms with van der Waals surface area (Å²) < 4.78 is 23.3. The van der Waals surface area contributed by atoms with Crippen LogP contribution in [0, 0.1) is 20.5 Å². The molecule has 1 rings (SSSR count). The fourth-order valence-corrected chi connectivity index (χ4v) is 1.85. The van der Waals surface area contributed by atoms with E-state index in [2.05, 4.69) is 25.1 Å². The molecule has 0 bridgehead atoms. The van der Waals surface area contributed by atoms with E-state index in [1.807, 2.05) is 32.0 Å². The Hall–Kier alpha value is -1.10. The Bertz CT molecular complexity index is 411. The Kier molecular flexibility index (Phi) is 19.1. The maximum absolute atomic E-state index is 11.1. The fourth-order valence-electron chi connectivity index (χ4n) is 1.08. The molecule has 1 N–H and O–H groups in total. The number of hydrogen-bond donors (Lipinski definition) is 1. The van der Waals surface area contributed by atoms with Crippen LogP contribution in [-0.4, -0.2) is 16.2 Å². The first-order chi connectivity index (χ1) is 9.13. The number of alkyl halides is 1. The molecule has 0 heterocycles. The van der Waals surface area contributed by atoms with Crippen LogP contribution in [0.3, 0.4) is 0 Å². The Balaban J connectivity index is -0.000000529. The second-order valence-electron chi connectivity index (χ2n) is 3.15. The second kappa shape index (κ2) is 16.0. The first kappa shape index (κ1) is 24.0. The van der Waals surface area contributed by atoms with Crippen LogP contribution in [0.1, 0.15) is 18.6 Å². The number of halogens is 1. The van der Waals surface area contributed by atoms with E-state index in [1.165, 1.54) is 11.1 Å². The van der Waals surface area contributed by atoms with E-state index < -0.39 is 11.1 Å². The quantitative estimate of drug-likeness (QED) is 0.387. The Morgan fingerprint density at radius 3 is 2.35 bits per heavy atom. The molecule has 1 aromatic carbocycles. The molecule has 1 unspecified atom stereocenters. The van der Waals surface area contributed by atoms with Crippen molar-refractivity contribution in [3.8, 4) is 0 Å². The van der Waals surface area contributed by atoms with Gasteiger partial charge in [-0.3, -0.25) is 4.18 Å². The minimum atomic E-state index is -1.38. The van der Waals surface area contributed by atoms with Gasteiger partial charge in [-0.05, 0) is 37.1 Å². The molecular weight excluding hydrogens is 298 g/mol. The van der Waals surface area contributed by atoms with Gasteiger partial charge >= 0.3 is 11.3 Å². The van der Waals surface area contributed by atoms with E-state index in [-0.39, 0.29) is 19.4 Å². The number of aryl methyl sites for hydroxylation is 2. The number of anilines is 1. The van der Waals surface area contributed by atoms with Crippen molar-refractivity contribution < 1.29 is 13.0 Å². The molecule has 1 aromatic rings. The Morgan fingerprint density at radius 1 is 1.35 bits per heavy atom. The van der Waals surface area contributed by atoms with Gasteiger partial charge in [0.1, 0.15) is 11.9 Å². The van der Waals surface area contributed by atoms with Crippen molar-refractivity contribution in [3.63, 3.8) is 0 Å². The van der Waals surface area contributed by atoms with Crippen molar-refractivity contribution in [3.05, 3.63) is 49.1 Å². The monoisotopic (exact) mass is 319 g/mol. The van der Waals surface area contributed by atoms with Gasteiger partial charge in [-0.25, -0.2) is 4.21 Å². The Morgan fingerprint density at radius 2 is 1.90 bits per heavy atom. The molecule has 114 valence electrons. The van der Waals surface area contributed by atoms with Gasteiger partial charge in [0.2, 0.25) is 0 Å². The van der Waals surface area contributed by atoms with Crippen LogP contribution < -0.4 is 5.32 Å². The zero-order chi connectivity index (χ0) is 15.3. The van der Waals surface area contributed by atoms with Crippen LogP contribution in [0.2, 0.25) is 0 Å². The molecule has 0 spiro atoms. The molecule has 0 fully saturated rings. The summed E-state index contributed by atoms with van der Waals surface area (Å²) in [7, 11) is 0. The molecule has 0 radical (unpaired) electrons. The molecule has 6 heteroatoms. The van der Waals surface area contributed by atoms with Crippen molar-refractivity contribution in [2.75, 3.05) is 17.3 Å². The summed E-state index contributed by atoms with van der Waals surface area (Å²) in [5.74, 6) is 0.245. The summed E-state index contributed by atoms with van der Waals surface area (Å²) in [6.07, 6.45) is 0. The van der Waals surface area contributed by atoms with Gasteiger partial charge in [-0.15, -0.1) is 13.2 Å². The fraction of sp³-hybridized carbons (Fsp3) is 0.357. The first-order valence-corrected chi connectivity index (χ1v) is 7.00. The number of nitrogens with one attached hydrogen (secondary N) is 1. The normalized spacial score (nSPS) is 9.65. The van der Waals surface area contributed by atoms with Gasteiger partial charge in [0.05, 0.1) is 0 Å². The van der Waals surface area contributed by atoms with Crippen molar-refractivity contribution in [2.45, 2.75) is 21.3 Å². The van der Waals surface area contributed by atoms with Crippen molar-refractivity contribution in [2.24, 2.45) is 0 Å². The number of rotatable bonds is 5. The SMILES string of the molecule is C.C=C.Cc1ccc(NCS(=O)OCCl)cc1C.[C-]#[O+].